The fourth-order valence-corrected chi connectivity index (χ4v) is 1.84. The minimum Gasteiger partial charge on any atom is -0.345 e. The van der Waals surface area contributed by atoms with Crippen LogP contribution in [0.4, 0.5) is 0 Å². The molecule has 0 aliphatic carbocycles. The quantitative estimate of drug-likeness (QED) is 0.655. The van der Waals surface area contributed by atoms with Crippen LogP contribution in [0.5, 0.6) is 0 Å². The molecule has 0 unspecified atom stereocenters. The molecule has 0 amide bonds. The maximum atomic E-state index is 2.44. The van der Waals surface area contributed by atoms with E-state index in [-0.39, 0.29) is 16.4 Å². The zero-order valence-corrected chi connectivity index (χ0v) is 12.2. The van der Waals surface area contributed by atoms with Crippen molar-refractivity contribution in [3.05, 3.63) is 24.0 Å². The van der Waals surface area contributed by atoms with Crippen molar-refractivity contribution in [2.24, 2.45) is 5.41 Å². The molecule has 0 bridgehead atoms. The Labute approximate surface area is 101 Å². The van der Waals surface area contributed by atoms with E-state index in [2.05, 4.69) is 78.3 Å². The number of hydrogen-bond donors (Lipinski definition) is 0. The Bertz CT molecular complexity index is 356. The molecule has 16 heavy (non-hydrogen) atoms. The highest BCUT2D eigenvalue weighted by atomic mass is 15.1. The summed E-state index contributed by atoms with van der Waals surface area (Å²) >= 11 is 0. The lowest BCUT2D eigenvalue weighted by atomic mass is 9.75. The monoisotopic (exact) mass is 221 g/mol. The molecule has 1 rings (SSSR count). The normalized spacial score (nSPS) is 14.2. The smallest absolute Gasteiger partial charge is 0.0434 e. The predicted octanol–water partition coefficient (Wildman–Crippen LogP) is 4.57. The van der Waals surface area contributed by atoms with Crippen molar-refractivity contribution in [2.45, 2.75) is 66.3 Å². The first-order valence-electron chi connectivity index (χ1n) is 6.16. The Morgan fingerprint density at radius 2 is 1.38 bits per heavy atom. The van der Waals surface area contributed by atoms with Crippen molar-refractivity contribution in [1.82, 2.24) is 4.57 Å². The molecule has 0 atom stereocenters. The first-order chi connectivity index (χ1) is 6.98. The highest BCUT2D eigenvalue weighted by Gasteiger charge is 2.36. The van der Waals surface area contributed by atoms with Gasteiger partial charge in [0.2, 0.25) is 0 Å². The van der Waals surface area contributed by atoms with E-state index in [4.69, 9.17) is 0 Å². The van der Waals surface area contributed by atoms with Crippen molar-refractivity contribution in [3.8, 4) is 0 Å². The van der Waals surface area contributed by atoms with Gasteiger partial charge in [-0.25, -0.2) is 0 Å². The lowest BCUT2D eigenvalue weighted by Crippen LogP contribution is -2.42. The maximum Gasteiger partial charge on any atom is 0.0434 e. The Morgan fingerprint density at radius 3 is 1.75 bits per heavy atom. The minimum absolute atomic E-state index is 0.124. The fourth-order valence-electron chi connectivity index (χ4n) is 1.84. The zero-order chi connectivity index (χ0) is 12.8. The van der Waals surface area contributed by atoms with Crippen LogP contribution in [0.25, 0.3) is 0 Å². The van der Waals surface area contributed by atoms with E-state index in [1.54, 1.807) is 0 Å². The summed E-state index contributed by atoms with van der Waals surface area (Å²) in [6.07, 6.45) is 2.21. The van der Waals surface area contributed by atoms with Gasteiger partial charge < -0.3 is 4.57 Å². The number of aromatic nitrogens is 1. The van der Waals surface area contributed by atoms with Crippen LogP contribution in [0.1, 0.15) is 61.1 Å². The fraction of sp³-hybridized carbons (Fsp3) is 0.733. The molecule has 0 spiro atoms. The Morgan fingerprint density at radius 1 is 0.875 bits per heavy atom. The van der Waals surface area contributed by atoms with Crippen molar-refractivity contribution in [1.29, 1.82) is 0 Å². The molecule has 0 N–H and O–H groups in total. The molecular weight excluding hydrogens is 194 g/mol. The average molecular weight is 221 g/mol. The van der Waals surface area contributed by atoms with Crippen molar-refractivity contribution < 1.29 is 0 Å². The molecule has 0 saturated carbocycles. The summed E-state index contributed by atoms with van der Waals surface area (Å²) in [5, 5.41) is 0. The summed E-state index contributed by atoms with van der Waals surface area (Å²) < 4.78 is 2.44. The van der Waals surface area contributed by atoms with Gasteiger partial charge in [0.25, 0.3) is 0 Å². The van der Waals surface area contributed by atoms with Gasteiger partial charge in [-0.2, -0.15) is 0 Å². The van der Waals surface area contributed by atoms with Crippen LogP contribution in [-0.4, -0.2) is 4.57 Å². The SMILES string of the molecule is CC(C)(C)c1cccn1C(C)(C)C(C)(C)C. The van der Waals surface area contributed by atoms with E-state index in [9.17, 15) is 0 Å². The number of nitrogens with zero attached hydrogens (tertiary/aromatic N) is 1. The number of hydrogen-bond acceptors (Lipinski definition) is 0. The van der Waals surface area contributed by atoms with Crippen LogP contribution in [0.3, 0.4) is 0 Å². The van der Waals surface area contributed by atoms with Gasteiger partial charge in [-0.1, -0.05) is 41.5 Å². The molecule has 0 aliphatic rings. The van der Waals surface area contributed by atoms with Crippen LogP contribution in [0.2, 0.25) is 0 Å². The average Bonchev–Trinajstić information content (AvgIpc) is 2.47. The molecule has 0 radical (unpaired) electrons. The Hall–Kier alpha value is -0.720. The van der Waals surface area contributed by atoms with E-state index in [1.165, 1.54) is 5.69 Å². The molecule has 0 aliphatic heterocycles. The van der Waals surface area contributed by atoms with E-state index in [1.807, 2.05) is 0 Å². The standard InChI is InChI=1S/C15H27N/c1-13(2,3)12-10-9-11-16(12)15(7,8)14(4,5)6/h9-11H,1-8H3. The topological polar surface area (TPSA) is 4.93 Å². The van der Waals surface area contributed by atoms with E-state index in [0.717, 1.165) is 0 Å². The summed E-state index contributed by atoms with van der Waals surface area (Å²) in [6.45, 7) is 18.4. The lowest BCUT2D eigenvalue weighted by Gasteiger charge is -2.43. The first-order valence-corrected chi connectivity index (χ1v) is 6.16. The van der Waals surface area contributed by atoms with Gasteiger partial charge in [0.05, 0.1) is 0 Å². The van der Waals surface area contributed by atoms with Gasteiger partial charge in [0.1, 0.15) is 0 Å². The summed E-state index contributed by atoms with van der Waals surface area (Å²) in [5.41, 5.74) is 1.98. The summed E-state index contributed by atoms with van der Waals surface area (Å²) in [7, 11) is 0. The highest BCUT2D eigenvalue weighted by Crippen LogP contribution is 2.39. The van der Waals surface area contributed by atoms with Gasteiger partial charge in [-0.3, -0.25) is 0 Å². The molecule has 1 heterocycles. The molecular formula is C15H27N. The van der Waals surface area contributed by atoms with Gasteiger partial charge >= 0.3 is 0 Å². The second-order valence-electron chi connectivity index (χ2n) is 7.32. The van der Waals surface area contributed by atoms with Gasteiger partial charge in [0, 0.05) is 22.8 Å². The van der Waals surface area contributed by atoms with Crippen LogP contribution < -0.4 is 0 Å². The molecule has 1 heteroatoms. The number of rotatable bonds is 1. The molecule has 0 saturated heterocycles. The second kappa shape index (κ2) is 3.65. The summed E-state index contributed by atoms with van der Waals surface area (Å²) in [4.78, 5) is 0. The van der Waals surface area contributed by atoms with Crippen molar-refractivity contribution in [3.63, 3.8) is 0 Å². The molecule has 0 aromatic carbocycles. The Kier molecular flexibility index (Phi) is 3.04. The van der Waals surface area contributed by atoms with Crippen LogP contribution in [-0.2, 0) is 11.0 Å². The summed E-state index contributed by atoms with van der Waals surface area (Å²) in [5.74, 6) is 0. The third kappa shape index (κ3) is 2.18. The van der Waals surface area contributed by atoms with Gasteiger partial charge in [0.15, 0.2) is 0 Å². The molecule has 0 fully saturated rings. The largest absolute Gasteiger partial charge is 0.345 e. The molecule has 92 valence electrons. The molecule has 1 aromatic rings. The zero-order valence-electron chi connectivity index (χ0n) is 12.2. The molecule has 1 nitrogen and oxygen atoms in total. The lowest BCUT2D eigenvalue weighted by molar-refractivity contribution is 0.133. The van der Waals surface area contributed by atoms with Gasteiger partial charge in [-0.05, 0) is 31.4 Å². The first kappa shape index (κ1) is 13.3. The summed E-state index contributed by atoms with van der Waals surface area (Å²) in [6, 6.07) is 4.40. The predicted molar refractivity (Wildman–Crippen MR) is 71.9 cm³/mol. The highest BCUT2D eigenvalue weighted by molar-refractivity contribution is 5.19. The van der Waals surface area contributed by atoms with Crippen LogP contribution >= 0.6 is 0 Å². The van der Waals surface area contributed by atoms with E-state index < -0.39 is 0 Å². The van der Waals surface area contributed by atoms with E-state index in [0.29, 0.717) is 0 Å². The molecule has 1 aromatic heterocycles. The van der Waals surface area contributed by atoms with E-state index >= 15 is 0 Å². The van der Waals surface area contributed by atoms with Crippen molar-refractivity contribution in [2.75, 3.05) is 0 Å². The Balaban J connectivity index is 3.31. The third-order valence-electron chi connectivity index (χ3n) is 3.95. The van der Waals surface area contributed by atoms with Crippen LogP contribution in [0.15, 0.2) is 18.3 Å². The van der Waals surface area contributed by atoms with Crippen molar-refractivity contribution >= 4 is 0 Å². The minimum atomic E-state index is 0.124. The van der Waals surface area contributed by atoms with Crippen LogP contribution in [0, 0.1) is 5.41 Å². The second-order valence-corrected chi connectivity index (χ2v) is 7.32. The third-order valence-corrected chi connectivity index (χ3v) is 3.95. The maximum absolute atomic E-state index is 2.44. The van der Waals surface area contributed by atoms with Gasteiger partial charge in [-0.15, -0.1) is 0 Å².